The zero-order valence-corrected chi connectivity index (χ0v) is 19.2. The molecule has 0 amide bonds. The maximum atomic E-state index is 14.1. The first-order valence-corrected chi connectivity index (χ1v) is 11.1. The van der Waals surface area contributed by atoms with Crippen LogP contribution >= 0.6 is 0 Å². The van der Waals surface area contributed by atoms with Gasteiger partial charge in [-0.1, -0.05) is 48.5 Å². The molecule has 3 rings (SSSR count). The fourth-order valence-corrected chi connectivity index (χ4v) is 4.88. The lowest BCUT2D eigenvalue weighted by atomic mass is 9.52. The van der Waals surface area contributed by atoms with Gasteiger partial charge in [0, 0.05) is 18.3 Å². The third-order valence-electron chi connectivity index (χ3n) is 6.27. The summed E-state index contributed by atoms with van der Waals surface area (Å²) in [6.45, 7) is 2.68. The number of hydrogen-bond acceptors (Lipinski definition) is 6. The van der Waals surface area contributed by atoms with E-state index >= 15 is 0 Å². The number of alkyl halides is 3. The first-order chi connectivity index (χ1) is 16.6. The lowest BCUT2D eigenvalue weighted by Gasteiger charge is -2.46. The van der Waals surface area contributed by atoms with E-state index in [0.717, 1.165) is 18.2 Å². The van der Waals surface area contributed by atoms with E-state index in [-0.39, 0.29) is 13.2 Å². The second kappa shape index (κ2) is 10.3. The molecule has 1 aliphatic rings. The summed E-state index contributed by atoms with van der Waals surface area (Å²) in [7, 11) is 0. The predicted molar refractivity (Wildman–Crippen MR) is 118 cm³/mol. The first-order valence-electron chi connectivity index (χ1n) is 11.1. The van der Waals surface area contributed by atoms with Gasteiger partial charge in [0.15, 0.2) is 5.41 Å². The van der Waals surface area contributed by atoms with Crippen molar-refractivity contribution in [1.29, 1.82) is 5.26 Å². The van der Waals surface area contributed by atoms with Crippen LogP contribution in [0.15, 0.2) is 54.6 Å². The van der Waals surface area contributed by atoms with E-state index in [0.29, 0.717) is 5.56 Å². The SMILES string of the molecule is CCOC(=O)C1C(=O)CC(c2ccccc2)C(C#N)(C(=O)OCC)C1c1ccccc1C(F)(F)F. The highest BCUT2D eigenvalue weighted by Gasteiger charge is 2.64. The summed E-state index contributed by atoms with van der Waals surface area (Å²) in [6, 6.07) is 14.4. The van der Waals surface area contributed by atoms with Gasteiger partial charge in [-0.2, -0.15) is 18.4 Å². The zero-order chi connectivity index (χ0) is 25.8. The molecule has 1 aliphatic carbocycles. The number of nitriles is 1. The number of carbonyl (C=O) groups excluding carboxylic acids is 3. The molecule has 1 fully saturated rings. The molecule has 35 heavy (non-hydrogen) atoms. The fourth-order valence-electron chi connectivity index (χ4n) is 4.88. The average molecular weight is 487 g/mol. The minimum Gasteiger partial charge on any atom is -0.465 e. The highest BCUT2D eigenvalue weighted by molar-refractivity contribution is 6.04. The Morgan fingerprint density at radius 2 is 1.63 bits per heavy atom. The first kappa shape index (κ1) is 25.9. The number of hydrogen-bond donors (Lipinski definition) is 0. The molecule has 9 heteroatoms. The molecule has 0 spiro atoms. The number of benzene rings is 2. The quantitative estimate of drug-likeness (QED) is 0.429. The van der Waals surface area contributed by atoms with Crippen molar-refractivity contribution in [3.05, 3.63) is 71.3 Å². The van der Waals surface area contributed by atoms with Crippen molar-refractivity contribution in [1.82, 2.24) is 0 Å². The minimum atomic E-state index is -4.88. The van der Waals surface area contributed by atoms with Crippen molar-refractivity contribution < 1.29 is 37.0 Å². The number of nitrogens with zero attached hydrogens (tertiary/aromatic N) is 1. The Hall–Kier alpha value is -3.67. The Balaban J connectivity index is 2.43. The number of ketones is 1. The molecule has 0 heterocycles. The van der Waals surface area contributed by atoms with Crippen LogP contribution in [0.3, 0.4) is 0 Å². The Kier molecular flexibility index (Phi) is 7.64. The molecule has 4 unspecified atom stereocenters. The summed E-state index contributed by atoms with van der Waals surface area (Å²) in [4.78, 5) is 39.9. The van der Waals surface area contributed by atoms with Crippen LogP contribution in [0, 0.1) is 22.7 Å². The van der Waals surface area contributed by atoms with E-state index < -0.39 is 64.6 Å². The van der Waals surface area contributed by atoms with Crippen molar-refractivity contribution in [2.24, 2.45) is 11.3 Å². The van der Waals surface area contributed by atoms with Crippen LogP contribution < -0.4 is 0 Å². The van der Waals surface area contributed by atoms with Crippen LogP contribution in [0.25, 0.3) is 0 Å². The van der Waals surface area contributed by atoms with Crippen LogP contribution in [-0.2, 0) is 30.0 Å². The molecule has 184 valence electrons. The highest BCUT2D eigenvalue weighted by Crippen LogP contribution is 2.58. The topological polar surface area (TPSA) is 93.5 Å². The Morgan fingerprint density at radius 3 is 2.20 bits per heavy atom. The van der Waals surface area contributed by atoms with Gasteiger partial charge in [-0.15, -0.1) is 0 Å². The average Bonchev–Trinajstić information content (AvgIpc) is 2.83. The molecule has 0 bridgehead atoms. The van der Waals surface area contributed by atoms with Crippen molar-refractivity contribution in [2.45, 2.75) is 38.3 Å². The maximum Gasteiger partial charge on any atom is 0.416 e. The third-order valence-corrected chi connectivity index (χ3v) is 6.27. The van der Waals surface area contributed by atoms with Crippen LogP contribution in [0.1, 0.15) is 48.8 Å². The lowest BCUT2D eigenvalue weighted by molar-refractivity contribution is -0.165. The Morgan fingerprint density at radius 1 is 1.03 bits per heavy atom. The molecule has 0 N–H and O–H groups in total. The van der Waals surface area contributed by atoms with Gasteiger partial charge in [-0.25, -0.2) is 0 Å². The molecule has 6 nitrogen and oxygen atoms in total. The zero-order valence-electron chi connectivity index (χ0n) is 19.2. The molecule has 0 aromatic heterocycles. The maximum absolute atomic E-state index is 14.1. The number of Topliss-reactive ketones (excluding diaryl/α,β-unsaturated/α-hetero) is 1. The summed E-state index contributed by atoms with van der Waals surface area (Å²) in [5, 5.41) is 10.5. The van der Waals surface area contributed by atoms with E-state index in [9.17, 15) is 32.8 Å². The lowest BCUT2D eigenvalue weighted by Crippen LogP contribution is -2.54. The van der Waals surface area contributed by atoms with Crippen molar-refractivity contribution in [2.75, 3.05) is 13.2 Å². The van der Waals surface area contributed by atoms with Gasteiger partial charge in [0.1, 0.15) is 11.7 Å². The molecule has 4 atom stereocenters. The van der Waals surface area contributed by atoms with Crippen LogP contribution in [0.4, 0.5) is 13.2 Å². The summed E-state index contributed by atoms with van der Waals surface area (Å²) < 4.78 is 52.6. The van der Waals surface area contributed by atoms with Gasteiger partial charge in [0.25, 0.3) is 0 Å². The summed E-state index contributed by atoms with van der Waals surface area (Å²) in [6.07, 6.45) is -5.31. The van der Waals surface area contributed by atoms with Crippen molar-refractivity contribution in [3.63, 3.8) is 0 Å². The molecule has 1 saturated carbocycles. The number of esters is 2. The van der Waals surface area contributed by atoms with Gasteiger partial charge in [-0.3, -0.25) is 14.4 Å². The number of halogens is 3. The summed E-state index contributed by atoms with van der Waals surface area (Å²) in [5.41, 5.74) is -3.58. The second-order valence-electron chi connectivity index (χ2n) is 8.13. The Bertz CT molecular complexity index is 1140. The van der Waals surface area contributed by atoms with E-state index in [1.807, 2.05) is 6.07 Å². The van der Waals surface area contributed by atoms with Crippen molar-refractivity contribution in [3.8, 4) is 6.07 Å². The standard InChI is InChI=1S/C26H24F3NO5/c1-3-34-23(32)21-20(31)14-19(16-10-6-5-7-11-16)25(15-30,24(33)35-4-2)22(21)17-12-8-9-13-18(17)26(27,28)29/h5-13,19,21-22H,3-4,14H2,1-2H3. The fraction of sp³-hybridized carbons (Fsp3) is 0.385. The van der Waals surface area contributed by atoms with E-state index in [1.165, 1.54) is 19.9 Å². The molecule has 0 saturated heterocycles. The van der Waals surface area contributed by atoms with Gasteiger partial charge in [0.05, 0.1) is 24.8 Å². The molecule has 0 radical (unpaired) electrons. The third kappa shape index (κ3) is 4.65. The molecular formula is C26H24F3NO5. The number of ether oxygens (including phenoxy) is 2. The number of rotatable bonds is 6. The van der Waals surface area contributed by atoms with Crippen LogP contribution in [0.5, 0.6) is 0 Å². The van der Waals surface area contributed by atoms with E-state index in [1.54, 1.807) is 30.3 Å². The predicted octanol–water partition coefficient (Wildman–Crippen LogP) is 4.80. The van der Waals surface area contributed by atoms with Gasteiger partial charge >= 0.3 is 18.1 Å². The molecule has 2 aromatic rings. The monoisotopic (exact) mass is 487 g/mol. The van der Waals surface area contributed by atoms with Gasteiger partial charge in [-0.05, 0) is 31.0 Å². The number of carbonyl (C=O) groups is 3. The van der Waals surface area contributed by atoms with Crippen molar-refractivity contribution >= 4 is 17.7 Å². The minimum absolute atomic E-state index is 0.142. The highest BCUT2D eigenvalue weighted by atomic mass is 19.4. The van der Waals surface area contributed by atoms with Gasteiger partial charge in [0.2, 0.25) is 0 Å². The molecule has 0 aliphatic heterocycles. The smallest absolute Gasteiger partial charge is 0.416 e. The van der Waals surface area contributed by atoms with Crippen LogP contribution in [-0.4, -0.2) is 30.9 Å². The Labute approximate surface area is 200 Å². The van der Waals surface area contributed by atoms with E-state index in [2.05, 4.69) is 0 Å². The summed E-state index contributed by atoms with van der Waals surface area (Å²) >= 11 is 0. The molecular weight excluding hydrogens is 463 g/mol. The molecule has 2 aromatic carbocycles. The normalized spacial score (nSPS) is 24.3. The van der Waals surface area contributed by atoms with E-state index in [4.69, 9.17) is 9.47 Å². The largest absolute Gasteiger partial charge is 0.465 e. The summed E-state index contributed by atoms with van der Waals surface area (Å²) in [5.74, 6) is -7.65. The second-order valence-corrected chi connectivity index (χ2v) is 8.13. The van der Waals surface area contributed by atoms with Crippen LogP contribution in [0.2, 0.25) is 0 Å². The van der Waals surface area contributed by atoms with Gasteiger partial charge < -0.3 is 9.47 Å².